The number of ketones is 1. The average Bonchev–Trinajstić information content (AvgIpc) is 2.66. The molecule has 2 aromatic rings. The first-order valence-electron chi connectivity index (χ1n) is 8.34. The lowest BCUT2D eigenvalue weighted by molar-refractivity contribution is -0.290. The highest BCUT2D eigenvalue weighted by molar-refractivity contribution is 5.99. The molecule has 7 heteroatoms. The van der Waals surface area contributed by atoms with Crippen LogP contribution in [0.3, 0.4) is 0 Å². The number of Topliss-reactive ketones (excluding diaryl/α,β-unsaturated/α-hetero) is 1. The summed E-state index contributed by atoms with van der Waals surface area (Å²) in [6.07, 6.45) is -1.61. The largest absolute Gasteiger partial charge is 0.466 e. The lowest BCUT2D eigenvalue weighted by Crippen LogP contribution is -2.31. The SMILES string of the molecule is CCOC(=O)Cc1ccccc1OOC(OC(C)=O)C(=O)c1ccccc1. The van der Waals surface area contributed by atoms with Crippen LogP contribution in [-0.2, 0) is 30.4 Å². The number of rotatable bonds is 9. The number of ether oxygens (including phenoxy) is 2. The van der Waals surface area contributed by atoms with Crippen molar-refractivity contribution in [2.24, 2.45) is 0 Å². The smallest absolute Gasteiger partial charge is 0.310 e. The van der Waals surface area contributed by atoms with Crippen LogP contribution in [0.5, 0.6) is 5.75 Å². The number of carbonyl (C=O) groups excluding carboxylic acids is 3. The molecule has 0 saturated carbocycles. The number of esters is 2. The predicted octanol–water partition coefficient (Wildman–Crippen LogP) is 2.87. The van der Waals surface area contributed by atoms with Gasteiger partial charge in [-0.3, -0.25) is 14.4 Å². The maximum absolute atomic E-state index is 12.5. The fourth-order valence-corrected chi connectivity index (χ4v) is 2.20. The molecule has 27 heavy (non-hydrogen) atoms. The average molecular weight is 372 g/mol. The number of para-hydroxylation sites is 1. The molecule has 0 saturated heterocycles. The van der Waals surface area contributed by atoms with Gasteiger partial charge in [0.2, 0.25) is 5.78 Å². The molecule has 0 aliphatic carbocycles. The van der Waals surface area contributed by atoms with E-state index in [2.05, 4.69) is 0 Å². The Labute approximate surface area is 156 Å². The minimum atomic E-state index is -1.58. The van der Waals surface area contributed by atoms with Gasteiger partial charge in [0, 0.05) is 18.1 Å². The third-order valence-electron chi connectivity index (χ3n) is 3.38. The van der Waals surface area contributed by atoms with Crippen LogP contribution in [-0.4, -0.2) is 30.6 Å². The van der Waals surface area contributed by atoms with E-state index in [0.29, 0.717) is 11.1 Å². The molecule has 1 atom stereocenters. The maximum atomic E-state index is 12.5. The van der Waals surface area contributed by atoms with E-state index in [9.17, 15) is 14.4 Å². The van der Waals surface area contributed by atoms with Crippen molar-refractivity contribution in [1.29, 1.82) is 0 Å². The van der Waals surface area contributed by atoms with E-state index in [0.717, 1.165) is 6.92 Å². The van der Waals surface area contributed by atoms with Gasteiger partial charge in [-0.2, -0.15) is 0 Å². The highest BCUT2D eigenvalue weighted by Gasteiger charge is 2.26. The van der Waals surface area contributed by atoms with E-state index < -0.39 is 24.0 Å². The van der Waals surface area contributed by atoms with Crippen LogP contribution in [0.25, 0.3) is 0 Å². The summed E-state index contributed by atoms with van der Waals surface area (Å²) >= 11 is 0. The zero-order valence-electron chi connectivity index (χ0n) is 15.0. The van der Waals surface area contributed by atoms with Gasteiger partial charge in [0.15, 0.2) is 5.75 Å². The number of carbonyl (C=O) groups is 3. The maximum Gasteiger partial charge on any atom is 0.310 e. The molecule has 142 valence electrons. The lowest BCUT2D eigenvalue weighted by Gasteiger charge is -2.16. The van der Waals surface area contributed by atoms with Gasteiger partial charge in [-0.25, -0.2) is 0 Å². The monoisotopic (exact) mass is 372 g/mol. The molecule has 0 amide bonds. The molecule has 0 spiro atoms. The molecular weight excluding hydrogens is 352 g/mol. The molecule has 0 bridgehead atoms. The van der Waals surface area contributed by atoms with Crippen LogP contribution < -0.4 is 4.89 Å². The fourth-order valence-electron chi connectivity index (χ4n) is 2.20. The summed E-state index contributed by atoms with van der Waals surface area (Å²) in [6, 6.07) is 14.9. The molecule has 0 aliphatic heterocycles. The van der Waals surface area contributed by atoms with Crippen molar-refractivity contribution in [2.75, 3.05) is 6.61 Å². The van der Waals surface area contributed by atoms with Crippen molar-refractivity contribution >= 4 is 17.7 Å². The second-order valence-corrected chi connectivity index (χ2v) is 5.44. The fraction of sp³-hybridized carbons (Fsp3) is 0.250. The number of hydrogen-bond donors (Lipinski definition) is 0. The van der Waals surface area contributed by atoms with Gasteiger partial charge in [0.25, 0.3) is 0 Å². The molecule has 2 aromatic carbocycles. The summed E-state index contributed by atoms with van der Waals surface area (Å²) in [6.45, 7) is 3.13. The van der Waals surface area contributed by atoms with Crippen LogP contribution in [0.4, 0.5) is 0 Å². The molecule has 0 radical (unpaired) electrons. The molecule has 7 nitrogen and oxygen atoms in total. The number of benzene rings is 2. The quantitative estimate of drug-likeness (QED) is 0.220. The van der Waals surface area contributed by atoms with Crippen LogP contribution in [0.1, 0.15) is 29.8 Å². The van der Waals surface area contributed by atoms with E-state index in [-0.39, 0.29) is 18.8 Å². The molecule has 0 fully saturated rings. The minimum absolute atomic E-state index is 0.0295. The summed E-state index contributed by atoms with van der Waals surface area (Å²) < 4.78 is 9.84. The molecule has 0 heterocycles. The van der Waals surface area contributed by atoms with E-state index >= 15 is 0 Å². The normalized spacial score (nSPS) is 11.3. The van der Waals surface area contributed by atoms with E-state index in [1.54, 1.807) is 61.5 Å². The standard InChI is InChI=1S/C20H20O7/c1-3-24-18(22)13-16-11-7-8-12-17(16)26-27-20(25-14(2)21)19(23)15-9-5-4-6-10-15/h4-12,20H,3,13H2,1-2H3. The summed E-state index contributed by atoms with van der Waals surface area (Å²) in [5.74, 6) is -1.49. The Bertz CT molecular complexity index is 786. The van der Waals surface area contributed by atoms with Crippen molar-refractivity contribution < 1.29 is 33.6 Å². The van der Waals surface area contributed by atoms with Gasteiger partial charge in [-0.1, -0.05) is 48.5 Å². The predicted molar refractivity (Wildman–Crippen MR) is 94.8 cm³/mol. The third kappa shape index (κ3) is 6.23. The van der Waals surface area contributed by atoms with Gasteiger partial charge in [0.1, 0.15) is 0 Å². The Morgan fingerprint density at radius 2 is 1.63 bits per heavy atom. The van der Waals surface area contributed by atoms with Crippen molar-refractivity contribution in [1.82, 2.24) is 0 Å². The minimum Gasteiger partial charge on any atom is -0.466 e. The first-order valence-corrected chi connectivity index (χ1v) is 8.34. The zero-order valence-corrected chi connectivity index (χ0v) is 15.0. The lowest BCUT2D eigenvalue weighted by atomic mass is 10.1. The Morgan fingerprint density at radius 1 is 0.963 bits per heavy atom. The summed E-state index contributed by atoms with van der Waals surface area (Å²) in [4.78, 5) is 45.8. The molecule has 0 N–H and O–H groups in total. The van der Waals surface area contributed by atoms with E-state index in [4.69, 9.17) is 19.2 Å². The first kappa shape index (κ1) is 20.1. The van der Waals surface area contributed by atoms with Crippen molar-refractivity contribution in [3.8, 4) is 5.75 Å². The van der Waals surface area contributed by atoms with Gasteiger partial charge >= 0.3 is 18.2 Å². The van der Waals surface area contributed by atoms with Gasteiger partial charge < -0.3 is 14.4 Å². The Morgan fingerprint density at radius 3 is 2.30 bits per heavy atom. The van der Waals surface area contributed by atoms with Crippen molar-refractivity contribution in [2.45, 2.75) is 26.6 Å². The van der Waals surface area contributed by atoms with Crippen LogP contribution >= 0.6 is 0 Å². The van der Waals surface area contributed by atoms with Gasteiger partial charge in [0.05, 0.1) is 13.0 Å². The second kappa shape index (κ2) is 10.1. The molecular formula is C20H20O7. The number of hydrogen-bond acceptors (Lipinski definition) is 7. The zero-order chi connectivity index (χ0) is 19.6. The van der Waals surface area contributed by atoms with Crippen LogP contribution in [0.15, 0.2) is 54.6 Å². The highest BCUT2D eigenvalue weighted by atomic mass is 17.2. The van der Waals surface area contributed by atoms with E-state index in [1.165, 1.54) is 0 Å². The summed E-state index contributed by atoms with van der Waals surface area (Å²) in [5.41, 5.74) is 0.803. The van der Waals surface area contributed by atoms with Crippen LogP contribution in [0.2, 0.25) is 0 Å². The summed E-state index contributed by atoms with van der Waals surface area (Å²) in [7, 11) is 0. The highest BCUT2D eigenvalue weighted by Crippen LogP contribution is 2.20. The third-order valence-corrected chi connectivity index (χ3v) is 3.38. The summed E-state index contributed by atoms with van der Waals surface area (Å²) in [5, 5.41) is 0. The van der Waals surface area contributed by atoms with Crippen LogP contribution in [0, 0.1) is 0 Å². The topological polar surface area (TPSA) is 88.1 Å². The molecule has 0 aromatic heterocycles. The molecule has 0 aliphatic rings. The van der Waals surface area contributed by atoms with Crippen molar-refractivity contribution in [3.05, 3.63) is 65.7 Å². The molecule has 2 rings (SSSR count). The first-order chi connectivity index (χ1) is 13.0. The molecule has 1 unspecified atom stereocenters. The van der Waals surface area contributed by atoms with Gasteiger partial charge in [-0.05, 0) is 13.0 Å². The Balaban J connectivity index is 2.12. The Kier molecular flexibility index (Phi) is 7.51. The van der Waals surface area contributed by atoms with Gasteiger partial charge in [-0.15, -0.1) is 4.89 Å². The van der Waals surface area contributed by atoms with Crippen molar-refractivity contribution in [3.63, 3.8) is 0 Å². The van der Waals surface area contributed by atoms with E-state index in [1.807, 2.05) is 0 Å². The second-order valence-electron chi connectivity index (χ2n) is 5.44. The Hall–Kier alpha value is -3.19.